The van der Waals surface area contributed by atoms with Gasteiger partial charge in [-0.2, -0.15) is 0 Å². The van der Waals surface area contributed by atoms with Crippen molar-refractivity contribution in [3.8, 4) is 51.6 Å². The second kappa shape index (κ2) is 9.51. The van der Waals surface area contributed by atoms with Crippen LogP contribution >= 0.6 is 0 Å². The number of fused-ring (bicyclic) bond motifs is 1. The monoisotopic (exact) mass is 486 g/mol. The number of para-hydroxylation sites is 2. The smallest absolute Gasteiger partial charge is 0.269 e. The third-order valence-electron chi connectivity index (χ3n) is 5.08. The fraction of sp³-hybridized carbons (Fsp3) is 0. The minimum Gasteiger partial charge on any atom is -0.508 e. The lowest BCUT2D eigenvalue weighted by Gasteiger charge is -2.13. The molecule has 9 nitrogen and oxygen atoms in total. The van der Waals surface area contributed by atoms with Gasteiger partial charge in [0.2, 0.25) is 5.43 Å². The third-order valence-corrected chi connectivity index (χ3v) is 5.08. The van der Waals surface area contributed by atoms with Gasteiger partial charge < -0.3 is 19.7 Å². The van der Waals surface area contributed by atoms with Crippen LogP contribution in [-0.2, 0) is 0 Å². The van der Waals surface area contributed by atoms with Gasteiger partial charge in [0.05, 0.1) is 0 Å². The molecule has 0 aliphatic rings. The molecule has 0 amide bonds. The molecule has 9 heteroatoms. The zero-order chi connectivity index (χ0) is 25.1. The van der Waals surface area contributed by atoms with E-state index in [1.165, 1.54) is 30.3 Å². The number of rotatable bonds is 7. The summed E-state index contributed by atoms with van der Waals surface area (Å²) >= 11 is 0. The van der Waals surface area contributed by atoms with Gasteiger partial charge >= 0.3 is 0 Å². The molecule has 0 fully saturated rings. The Labute approximate surface area is 203 Å². The molecule has 180 valence electrons. The molecule has 4 aromatic carbocycles. The van der Waals surface area contributed by atoms with E-state index in [9.17, 15) is 20.1 Å². The summed E-state index contributed by atoms with van der Waals surface area (Å²) in [6.07, 6.45) is 0. The van der Waals surface area contributed by atoms with Crippen LogP contribution in [0.2, 0.25) is 0 Å². The van der Waals surface area contributed by atoms with Crippen LogP contribution in [0.1, 0.15) is 0 Å². The predicted octanol–water partition coefficient (Wildman–Crippen LogP) is 5.32. The summed E-state index contributed by atoms with van der Waals surface area (Å²) in [4.78, 5) is 35.1. The second-order valence-corrected chi connectivity index (χ2v) is 7.57. The van der Waals surface area contributed by atoms with Crippen molar-refractivity contribution < 1.29 is 39.3 Å². The number of aromatic hydroxyl groups is 3. The van der Waals surface area contributed by atoms with Gasteiger partial charge in [0.1, 0.15) is 16.7 Å². The Morgan fingerprint density at radius 1 is 0.639 bits per heavy atom. The molecule has 36 heavy (non-hydrogen) atoms. The van der Waals surface area contributed by atoms with Crippen molar-refractivity contribution in [3.63, 3.8) is 0 Å². The van der Waals surface area contributed by atoms with E-state index in [-0.39, 0.29) is 45.3 Å². The summed E-state index contributed by atoms with van der Waals surface area (Å²) in [7, 11) is 0. The van der Waals surface area contributed by atoms with Crippen LogP contribution in [0, 0.1) is 0 Å². The van der Waals surface area contributed by atoms with E-state index in [1.807, 2.05) is 0 Å². The molecule has 0 aliphatic heterocycles. The molecule has 5 aromatic rings. The summed E-state index contributed by atoms with van der Waals surface area (Å²) in [5.41, 5.74) is -0.565. The Balaban J connectivity index is 1.65. The van der Waals surface area contributed by atoms with Gasteiger partial charge in [0, 0.05) is 17.7 Å². The van der Waals surface area contributed by atoms with Gasteiger partial charge in [0.15, 0.2) is 34.5 Å². The molecule has 5 rings (SSSR count). The maximum absolute atomic E-state index is 13.6. The molecule has 3 N–H and O–H groups in total. The zero-order valence-electron chi connectivity index (χ0n) is 18.5. The predicted molar refractivity (Wildman–Crippen MR) is 128 cm³/mol. The Morgan fingerprint density at radius 2 is 1.28 bits per heavy atom. The maximum Gasteiger partial charge on any atom is 0.269 e. The molecular formula is C27H18O9. The van der Waals surface area contributed by atoms with Crippen LogP contribution in [0.25, 0.3) is 22.3 Å². The Bertz CT molecular complexity index is 1580. The van der Waals surface area contributed by atoms with E-state index in [0.29, 0.717) is 11.5 Å². The molecule has 0 radical (unpaired) electrons. The topological polar surface area (TPSA) is 128 Å². The van der Waals surface area contributed by atoms with E-state index in [4.69, 9.17) is 24.0 Å². The second-order valence-electron chi connectivity index (χ2n) is 7.57. The first-order chi connectivity index (χ1) is 17.5. The summed E-state index contributed by atoms with van der Waals surface area (Å²) in [5, 5.41) is 29.8. The van der Waals surface area contributed by atoms with Gasteiger partial charge in [-0.15, -0.1) is 0 Å². The highest BCUT2D eigenvalue weighted by Crippen LogP contribution is 2.39. The van der Waals surface area contributed by atoms with Crippen molar-refractivity contribution >= 4 is 11.0 Å². The first-order valence-corrected chi connectivity index (χ1v) is 10.6. The minimum atomic E-state index is -0.707. The molecule has 1 aromatic heterocycles. The molecule has 1 heterocycles. The largest absolute Gasteiger partial charge is 0.508 e. The Morgan fingerprint density at radius 3 is 1.92 bits per heavy atom. The Hall–Kier alpha value is -5.31. The van der Waals surface area contributed by atoms with Crippen LogP contribution < -0.4 is 25.0 Å². The maximum atomic E-state index is 13.6. The van der Waals surface area contributed by atoms with E-state index in [2.05, 4.69) is 0 Å². The fourth-order valence-electron chi connectivity index (χ4n) is 3.38. The van der Waals surface area contributed by atoms with Gasteiger partial charge in [0.25, 0.3) is 5.75 Å². The molecule has 0 atom stereocenters. The van der Waals surface area contributed by atoms with Gasteiger partial charge in [-0.25, -0.2) is 0 Å². The van der Waals surface area contributed by atoms with Crippen molar-refractivity contribution in [1.29, 1.82) is 0 Å². The van der Waals surface area contributed by atoms with Crippen molar-refractivity contribution in [3.05, 3.63) is 101 Å². The standard InChI is InChI=1S/C27H18O9/c28-17-14-22-24(23(15-17)35-33-18-7-3-1-4-8-18)25(31)27(36-34-19-9-5-2-6-10-19)26(32-22)16-11-12-20(29)21(30)13-16/h1-15,28-30H. The van der Waals surface area contributed by atoms with E-state index < -0.39 is 11.2 Å². The molecule has 0 unspecified atom stereocenters. The summed E-state index contributed by atoms with van der Waals surface area (Å²) < 4.78 is 5.92. The first kappa shape index (κ1) is 22.5. The highest BCUT2D eigenvalue weighted by Gasteiger charge is 2.24. The van der Waals surface area contributed by atoms with Gasteiger partial charge in [-0.1, -0.05) is 36.4 Å². The van der Waals surface area contributed by atoms with Crippen molar-refractivity contribution in [2.75, 3.05) is 0 Å². The van der Waals surface area contributed by atoms with Crippen molar-refractivity contribution in [2.45, 2.75) is 0 Å². The average Bonchev–Trinajstić information content (AvgIpc) is 2.89. The summed E-state index contributed by atoms with van der Waals surface area (Å²) in [6.45, 7) is 0. The zero-order valence-corrected chi connectivity index (χ0v) is 18.5. The van der Waals surface area contributed by atoms with Crippen molar-refractivity contribution in [1.82, 2.24) is 0 Å². The van der Waals surface area contributed by atoms with Crippen LogP contribution in [0.3, 0.4) is 0 Å². The number of hydrogen-bond donors (Lipinski definition) is 3. The minimum absolute atomic E-state index is 0.0544. The van der Waals surface area contributed by atoms with Crippen LogP contribution in [0.15, 0.2) is 100 Å². The number of benzene rings is 4. The SMILES string of the molecule is O=c1c(OOc2ccccc2)c(-c2ccc(O)c(O)c2)oc2cc(O)cc(OOc3ccccc3)c12. The number of hydrogen-bond acceptors (Lipinski definition) is 9. The molecule has 0 aliphatic carbocycles. The van der Waals surface area contributed by atoms with Crippen molar-refractivity contribution in [2.24, 2.45) is 0 Å². The van der Waals surface area contributed by atoms with Crippen LogP contribution in [0.5, 0.6) is 40.2 Å². The molecule has 0 saturated carbocycles. The lowest BCUT2D eigenvalue weighted by Crippen LogP contribution is -2.14. The normalized spacial score (nSPS) is 10.7. The highest BCUT2D eigenvalue weighted by atomic mass is 17.2. The van der Waals surface area contributed by atoms with E-state index >= 15 is 0 Å². The molecular weight excluding hydrogens is 468 g/mol. The average molecular weight is 486 g/mol. The molecule has 0 bridgehead atoms. The summed E-state index contributed by atoms with van der Waals surface area (Å²) in [6, 6.07) is 23.2. The van der Waals surface area contributed by atoms with Gasteiger partial charge in [-0.3, -0.25) is 24.3 Å². The van der Waals surface area contributed by atoms with Crippen LogP contribution in [0.4, 0.5) is 0 Å². The van der Waals surface area contributed by atoms with E-state index in [1.54, 1.807) is 60.7 Å². The molecule has 0 saturated heterocycles. The highest BCUT2D eigenvalue weighted by molar-refractivity contribution is 5.88. The Kier molecular flexibility index (Phi) is 5.94. The van der Waals surface area contributed by atoms with Gasteiger partial charge in [-0.05, 0) is 42.5 Å². The lowest BCUT2D eigenvalue weighted by molar-refractivity contribution is -0.102. The lowest BCUT2D eigenvalue weighted by atomic mass is 10.1. The number of phenolic OH excluding ortho intramolecular Hbond substituents is 3. The third kappa shape index (κ3) is 4.53. The molecule has 0 spiro atoms. The summed E-state index contributed by atoms with van der Waals surface area (Å²) in [5.74, 6) is -1.02. The fourth-order valence-corrected chi connectivity index (χ4v) is 3.38. The first-order valence-electron chi connectivity index (χ1n) is 10.6. The number of phenols is 3. The quantitative estimate of drug-likeness (QED) is 0.159. The van der Waals surface area contributed by atoms with E-state index in [0.717, 1.165) is 0 Å². The van der Waals surface area contributed by atoms with Crippen LogP contribution in [-0.4, -0.2) is 15.3 Å².